The van der Waals surface area contributed by atoms with Crippen LogP contribution in [0.2, 0.25) is 0 Å². The summed E-state index contributed by atoms with van der Waals surface area (Å²) < 4.78 is 0. The maximum Gasteiger partial charge on any atom is 0.243 e. The molecule has 0 aromatic carbocycles. The smallest absolute Gasteiger partial charge is 0.243 e. The number of nitrogens with one attached hydrogen (secondary N) is 1. The molecule has 1 aromatic rings. The molecule has 0 spiro atoms. The Morgan fingerprint density at radius 3 is 2.48 bits per heavy atom. The van der Waals surface area contributed by atoms with Gasteiger partial charge in [0.15, 0.2) is 0 Å². The number of anilines is 3. The molecule has 116 valence electrons. The second-order valence-electron chi connectivity index (χ2n) is 5.71. The van der Waals surface area contributed by atoms with Gasteiger partial charge in [0.1, 0.15) is 0 Å². The van der Waals surface area contributed by atoms with Crippen molar-refractivity contribution >= 4 is 17.8 Å². The van der Waals surface area contributed by atoms with Crippen LogP contribution in [0.15, 0.2) is 0 Å². The monoisotopic (exact) mass is 293 g/mol. The minimum absolute atomic E-state index is 0.240. The van der Waals surface area contributed by atoms with Crippen LogP contribution in [0.5, 0.6) is 0 Å². The first-order chi connectivity index (χ1) is 10.3. The van der Waals surface area contributed by atoms with Gasteiger partial charge >= 0.3 is 0 Å². The molecule has 1 atom stereocenters. The van der Waals surface area contributed by atoms with Gasteiger partial charge in [-0.1, -0.05) is 0 Å². The summed E-state index contributed by atoms with van der Waals surface area (Å²) in [5.41, 5.74) is 2.54. The van der Waals surface area contributed by atoms with Crippen LogP contribution in [-0.2, 0) is 0 Å². The fourth-order valence-electron chi connectivity index (χ4n) is 3.05. The van der Waals surface area contributed by atoms with E-state index in [1.807, 2.05) is 0 Å². The van der Waals surface area contributed by atoms with Crippen LogP contribution >= 0.6 is 0 Å². The molecule has 0 amide bonds. The number of aliphatic hydroxyl groups is 1. The molecule has 2 aliphatic rings. The van der Waals surface area contributed by atoms with Crippen molar-refractivity contribution in [2.45, 2.75) is 25.7 Å². The van der Waals surface area contributed by atoms with Gasteiger partial charge in [-0.2, -0.15) is 15.0 Å². The number of nitrogen functional groups attached to an aromatic ring is 1. The molecule has 4 N–H and O–H groups in total. The topological polar surface area (TPSA) is 103 Å². The van der Waals surface area contributed by atoms with E-state index in [0.29, 0.717) is 23.8 Å². The number of hydrazine groups is 1. The summed E-state index contributed by atoms with van der Waals surface area (Å²) in [6.07, 6.45) is 4.25. The number of hydrogen-bond acceptors (Lipinski definition) is 8. The molecule has 8 heteroatoms. The average Bonchev–Trinajstić information content (AvgIpc) is 3.18. The van der Waals surface area contributed by atoms with Crippen molar-refractivity contribution in [3.8, 4) is 0 Å². The first-order valence-electron chi connectivity index (χ1n) is 7.63. The minimum Gasteiger partial charge on any atom is -0.396 e. The maximum atomic E-state index is 9.06. The predicted octanol–water partition coefficient (Wildman–Crippen LogP) is -0.0339. The van der Waals surface area contributed by atoms with E-state index < -0.39 is 0 Å². The molecular formula is C13H23N7O. The van der Waals surface area contributed by atoms with Crippen LogP contribution in [0.1, 0.15) is 25.7 Å². The van der Waals surface area contributed by atoms with Crippen molar-refractivity contribution in [2.75, 3.05) is 48.0 Å². The normalized spacial score (nSPS) is 22.1. The number of aliphatic hydroxyl groups excluding tert-OH is 1. The molecule has 1 unspecified atom stereocenters. The lowest BCUT2D eigenvalue weighted by molar-refractivity contribution is 0.263. The van der Waals surface area contributed by atoms with Gasteiger partial charge in [0.2, 0.25) is 17.8 Å². The van der Waals surface area contributed by atoms with Gasteiger partial charge in [-0.25, -0.2) is 5.84 Å². The second-order valence-corrected chi connectivity index (χ2v) is 5.71. The molecule has 3 heterocycles. The molecular weight excluding hydrogens is 270 g/mol. The van der Waals surface area contributed by atoms with Gasteiger partial charge in [-0.3, -0.25) is 5.43 Å². The van der Waals surface area contributed by atoms with Crippen LogP contribution in [0, 0.1) is 5.92 Å². The Hall–Kier alpha value is -1.67. The van der Waals surface area contributed by atoms with Gasteiger partial charge in [0, 0.05) is 32.8 Å². The van der Waals surface area contributed by atoms with Crippen molar-refractivity contribution in [2.24, 2.45) is 11.8 Å². The Bertz CT molecular complexity index is 478. The maximum absolute atomic E-state index is 9.06. The van der Waals surface area contributed by atoms with Crippen LogP contribution in [0.4, 0.5) is 17.8 Å². The number of rotatable bonds is 5. The lowest BCUT2D eigenvalue weighted by Crippen LogP contribution is -2.27. The summed E-state index contributed by atoms with van der Waals surface area (Å²) >= 11 is 0. The van der Waals surface area contributed by atoms with Crippen molar-refractivity contribution in [3.05, 3.63) is 0 Å². The van der Waals surface area contributed by atoms with E-state index in [9.17, 15) is 0 Å². The third kappa shape index (κ3) is 3.16. The molecule has 21 heavy (non-hydrogen) atoms. The summed E-state index contributed by atoms with van der Waals surface area (Å²) in [6.45, 7) is 4.01. The third-order valence-electron chi connectivity index (χ3n) is 4.24. The second kappa shape index (κ2) is 6.40. The van der Waals surface area contributed by atoms with E-state index in [2.05, 4.69) is 30.2 Å². The molecule has 3 rings (SSSR count). The fraction of sp³-hybridized carbons (Fsp3) is 0.769. The Balaban J connectivity index is 1.79. The molecule has 0 radical (unpaired) electrons. The van der Waals surface area contributed by atoms with E-state index in [-0.39, 0.29) is 6.61 Å². The number of aromatic nitrogens is 3. The van der Waals surface area contributed by atoms with E-state index >= 15 is 0 Å². The Kier molecular flexibility index (Phi) is 4.35. The summed E-state index contributed by atoms with van der Waals surface area (Å²) in [4.78, 5) is 17.7. The molecule has 0 saturated carbocycles. The summed E-state index contributed by atoms with van der Waals surface area (Å²) in [5, 5.41) is 9.06. The molecule has 1 aromatic heterocycles. The van der Waals surface area contributed by atoms with Crippen LogP contribution in [0.3, 0.4) is 0 Å². The number of hydrogen-bond donors (Lipinski definition) is 3. The van der Waals surface area contributed by atoms with Crippen LogP contribution < -0.4 is 21.1 Å². The lowest BCUT2D eigenvalue weighted by atomic mass is 10.1. The summed E-state index contributed by atoms with van der Waals surface area (Å²) in [6, 6.07) is 0. The van der Waals surface area contributed by atoms with E-state index in [1.54, 1.807) is 0 Å². The zero-order valence-electron chi connectivity index (χ0n) is 12.2. The van der Waals surface area contributed by atoms with Gasteiger partial charge in [0.05, 0.1) is 0 Å². The van der Waals surface area contributed by atoms with E-state index in [4.69, 9.17) is 10.9 Å². The van der Waals surface area contributed by atoms with E-state index in [1.165, 1.54) is 12.8 Å². The molecule has 2 saturated heterocycles. The Morgan fingerprint density at radius 2 is 1.81 bits per heavy atom. The summed E-state index contributed by atoms with van der Waals surface area (Å²) in [5.74, 6) is 7.79. The predicted molar refractivity (Wildman–Crippen MR) is 81.1 cm³/mol. The SMILES string of the molecule is NNc1nc(N2CCCC2)nc(N2CCC(CCO)C2)n1. The summed E-state index contributed by atoms with van der Waals surface area (Å²) in [7, 11) is 0. The number of nitrogens with two attached hydrogens (primary N) is 1. The highest BCUT2D eigenvalue weighted by Gasteiger charge is 2.26. The molecule has 2 aliphatic heterocycles. The van der Waals surface area contributed by atoms with Gasteiger partial charge < -0.3 is 14.9 Å². The van der Waals surface area contributed by atoms with Crippen LogP contribution in [-0.4, -0.2) is 52.8 Å². The van der Waals surface area contributed by atoms with Crippen LogP contribution in [0.25, 0.3) is 0 Å². The van der Waals surface area contributed by atoms with Crippen molar-refractivity contribution < 1.29 is 5.11 Å². The zero-order valence-corrected chi connectivity index (χ0v) is 12.2. The zero-order chi connectivity index (χ0) is 14.7. The van der Waals surface area contributed by atoms with Gasteiger partial charge in [0.25, 0.3) is 0 Å². The largest absolute Gasteiger partial charge is 0.396 e. The molecule has 8 nitrogen and oxygen atoms in total. The van der Waals surface area contributed by atoms with E-state index in [0.717, 1.165) is 39.0 Å². The highest BCUT2D eigenvalue weighted by molar-refractivity contribution is 5.45. The van der Waals surface area contributed by atoms with Gasteiger partial charge in [-0.15, -0.1) is 0 Å². The van der Waals surface area contributed by atoms with Crippen molar-refractivity contribution in [1.29, 1.82) is 0 Å². The quantitative estimate of drug-likeness (QED) is 0.513. The minimum atomic E-state index is 0.240. The van der Waals surface area contributed by atoms with Gasteiger partial charge in [-0.05, 0) is 31.6 Å². The first-order valence-corrected chi connectivity index (χ1v) is 7.63. The van der Waals surface area contributed by atoms with Crippen molar-refractivity contribution in [1.82, 2.24) is 15.0 Å². The Labute approximate surface area is 124 Å². The number of nitrogens with zero attached hydrogens (tertiary/aromatic N) is 5. The molecule has 0 aliphatic carbocycles. The lowest BCUT2D eigenvalue weighted by Gasteiger charge is -2.20. The molecule has 0 bridgehead atoms. The third-order valence-corrected chi connectivity index (χ3v) is 4.24. The van der Waals surface area contributed by atoms with Crippen molar-refractivity contribution in [3.63, 3.8) is 0 Å². The standard InChI is InChI=1S/C13H23N7O/c14-18-11-15-12(19-5-1-2-6-19)17-13(16-11)20-7-3-10(9-20)4-8-21/h10,21H,1-9,14H2,(H,15,16,17,18). The first kappa shape index (κ1) is 14.3. The average molecular weight is 293 g/mol. The Morgan fingerprint density at radius 1 is 1.10 bits per heavy atom. The highest BCUT2D eigenvalue weighted by Crippen LogP contribution is 2.25. The highest BCUT2D eigenvalue weighted by atomic mass is 16.3. The molecule has 2 fully saturated rings. The fourth-order valence-corrected chi connectivity index (χ4v) is 3.05.